The highest BCUT2D eigenvalue weighted by Gasteiger charge is 2.53. The summed E-state index contributed by atoms with van der Waals surface area (Å²) in [7, 11) is -4.55. The number of alkyl halides is 2. The molecule has 4 aromatic rings. The van der Waals surface area contributed by atoms with Crippen molar-refractivity contribution < 1.29 is 26.7 Å². The fraction of sp³-hybridized carbons (Fsp3) is 0.417. The zero-order valence-electron chi connectivity index (χ0n) is 26.0. The van der Waals surface area contributed by atoms with Gasteiger partial charge in [0.05, 0.1) is 15.3 Å². The molecule has 0 spiro atoms. The molecule has 3 heterocycles. The molecule has 1 aromatic heterocycles. The SMILES string of the molecule is CC1CC2CCC(C1)N2C(=O)C(NS(=O)(=O)c1ccc2cc(OC3CCCC3)ccc2c1)C(F)(F)c1ccc(-c2ccc(Cl)s2)cc1. The fourth-order valence-corrected chi connectivity index (χ4v) is 9.87. The number of nitrogens with zero attached hydrogens (tertiary/aromatic N) is 1. The lowest BCUT2D eigenvalue weighted by atomic mass is 9.91. The van der Waals surface area contributed by atoms with E-state index in [-0.39, 0.29) is 23.1 Å². The summed E-state index contributed by atoms with van der Waals surface area (Å²) in [5.74, 6) is -3.66. The zero-order valence-corrected chi connectivity index (χ0v) is 28.4. The van der Waals surface area contributed by atoms with Crippen LogP contribution < -0.4 is 9.46 Å². The first kappa shape index (κ1) is 32.5. The first-order chi connectivity index (χ1) is 22.5. The predicted molar refractivity (Wildman–Crippen MR) is 182 cm³/mol. The number of fused-ring (bicyclic) bond motifs is 3. The Morgan fingerprint density at radius 2 is 1.60 bits per heavy atom. The standard InChI is InChI=1S/C36H37ClF2N2O4S2/c1-22-18-27-12-13-28(19-22)41(27)35(42)34(36(38,39)26-10-6-23(7-11-26)32-16-17-33(37)46-32)40-47(43,44)31-15-9-24-20-30(14-8-25(24)21-31)45-29-4-2-3-5-29/h6-11,14-17,20-22,27-29,34,40H,2-5,12-13,18-19H2,1H3. The number of rotatable bonds is 9. The highest BCUT2D eigenvalue weighted by molar-refractivity contribution is 7.89. The number of piperidine rings is 1. The van der Waals surface area contributed by atoms with Crippen molar-refractivity contribution in [2.75, 3.05) is 0 Å². The van der Waals surface area contributed by atoms with Gasteiger partial charge in [-0.1, -0.05) is 54.9 Å². The molecule has 11 heteroatoms. The number of nitrogens with one attached hydrogen (secondary N) is 1. The number of carbonyl (C=O) groups excluding carboxylic acids is 1. The summed E-state index contributed by atoms with van der Waals surface area (Å²) in [6.45, 7) is 2.10. The number of halogens is 3. The Labute approximate surface area is 283 Å². The molecule has 1 N–H and O–H groups in total. The van der Waals surface area contributed by atoms with Gasteiger partial charge in [-0.2, -0.15) is 13.5 Å². The van der Waals surface area contributed by atoms with Crippen LogP contribution in [0.4, 0.5) is 8.78 Å². The third kappa shape index (κ3) is 6.54. The van der Waals surface area contributed by atoms with E-state index in [1.807, 2.05) is 6.07 Å². The molecular weight excluding hydrogens is 662 g/mol. The van der Waals surface area contributed by atoms with Crippen LogP contribution in [0.1, 0.15) is 63.9 Å². The van der Waals surface area contributed by atoms with Crippen LogP contribution in [0.15, 0.2) is 77.7 Å². The Balaban J connectivity index is 1.20. The van der Waals surface area contributed by atoms with E-state index < -0.39 is 33.5 Å². The lowest BCUT2D eigenvalue weighted by molar-refractivity contribution is -0.149. The van der Waals surface area contributed by atoms with Crippen LogP contribution in [0.2, 0.25) is 4.34 Å². The van der Waals surface area contributed by atoms with Crippen LogP contribution >= 0.6 is 22.9 Å². The summed E-state index contributed by atoms with van der Waals surface area (Å²) in [6, 6.07) is 16.3. The van der Waals surface area contributed by atoms with Crippen molar-refractivity contribution in [1.82, 2.24) is 9.62 Å². The highest BCUT2D eigenvalue weighted by Crippen LogP contribution is 2.42. The smallest absolute Gasteiger partial charge is 0.298 e. The first-order valence-electron chi connectivity index (χ1n) is 16.3. The van der Waals surface area contributed by atoms with Crippen molar-refractivity contribution in [1.29, 1.82) is 0 Å². The van der Waals surface area contributed by atoms with Crippen molar-refractivity contribution >= 4 is 49.6 Å². The quantitative estimate of drug-likeness (QED) is 0.190. The van der Waals surface area contributed by atoms with Gasteiger partial charge in [0, 0.05) is 22.5 Å². The van der Waals surface area contributed by atoms with Crippen molar-refractivity contribution in [2.45, 2.75) is 93.3 Å². The topological polar surface area (TPSA) is 75.7 Å². The average Bonchev–Trinajstić information content (AvgIpc) is 3.79. The van der Waals surface area contributed by atoms with Gasteiger partial charge in [-0.3, -0.25) is 4.79 Å². The molecule has 2 aliphatic heterocycles. The maximum Gasteiger partial charge on any atom is 0.298 e. The largest absolute Gasteiger partial charge is 0.490 e. The molecule has 248 valence electrons. The monoisotopic (exact) mass is 698 g/mol. The molecule has 0 radical (unpaired) electrons. The van der Waals surface area contributed by atoms with Crippen molar-refractivity contribution in [3.05, 3.63) is 82.7 Å². The normalized spacial score (nSPS) is 22.6. The molecule has 1 saturated carbocycles. The van der Waals surface area contributed by atoms with E-state index in [0.717, 1.165) is 48.8 Å². The number of benzene rings is 3. The molecule has 3 unspecified atom stereocenters. The summed E-state index contributed by atoms with van der Waals surface area (Å²) in [5, 5.41) is 1.39. The molecular formula is C36H37ClF2N2O4S2. The zero-order chi connectivity index (χ0) is 32.9. The molecule has 47 heavy (non-hydrogen) atoms. The number of amides is 1. The maximum atomic E-state index is 16.6. The van der Waals surface area contributed by atoms with Gasteiger partial charge in [-0.05, 0) is 110 Å². The van der Waals surface area contributed by atoms with Gasteiger partial charge in [0.25, 0.3) is 5.92 Å². The molecule has 2 saturated heterocycles. The minimum Gasteiger partial charge on any atom is -0.490 e. The Morgan fingerprint density at radius 1 is 0.936 bits per heavy atom. The number of sulfonamides is 1. The van der Waals surface area contributed by atoms with E-state index in [0.29, 0.717) is 39.8 Å². The second kappa shape index (κ2) is 12.8. The Hall–Kier alpha value is -3.05. The summed E-state index contributed by atoms with van der Waals surface area (Å²) in [6.07, 6.45) is 7.35. The van der Waals surface area contributed by atoms with Crippen LogP contribution in [-0.4, -0.2) is 43.5 Å². The van der Waals surface area contributed by atoms with E-state index >= 15 is 8.78 Å². The predicted octanol–water partition coefficient (Wildman–Crippen LogP) is 8.77. The number of carbonyl (C=O) groups is 1. The van der Waals surface area contributed by atoms with E-state index in [4.69, 9.17) is 16.3 Å². The summed E-state index contributed by atoms with van der Waals surface area (Å²) in [4.78, 5) is 16.3. The first-order valence-corrected chi connectivity index (χ1v) is 18.9. The van der Waals surface area contributed by atoms with E-state index in [9.17, 15) is 13.2 Å². The Bertz CT molecular complexity index is 1880. The van der Waals surface area contributed by atoms with Gasteiger partial charge in [0.15, 0.2) is 6.04 Å². The maximum absolute atomic E-state index is 16.6. The lowest BCUT2D eigenvalue weighted by Gasteiger charge is -2.41. The van der Waals surface area contributed by atoms with Crippen molar-refractivity contribution in [2.24, 2.45) is 5.92 Å². The van der Waals surface area contributed by atoms with Gasteiger partial charge < -0.3 is 9.64 Å². The highest BCUT2D eigenvalue weighted by atomic mass is 35.5. The van der Waals surface area contributed by atoms with E-state index in [1.165, 1.54) is 40.5 Å². The molecule has 3 aliphatic rings. The van der Waals surface area contributed by atoms with Crippen LogP contribution in [0, 0.1) is 5.92 Å². The molecule has 3 aromatic carbocycles. The van der Waals surface area contributed by atoms with Crippen LogP contribution in [0.3, 0.4) is 0 Å². The molecule has 3 fully saturated rings. The van der Waals surface area contributed by atoms with Crippen LogP contribution in [0.5, 0.6) is 5.75 Å². The van der Waals surface area contributed by atoms with Gasteiger partial charge in [0.1, 0.15) is 5.75 Å². The minimum absolute atomic E-state index is 0.177. The average molecular weight is 699 g/mol. The van der Waals surface area contributed by atoms with Gasteiger partial charge in [0.2, 0.25) is 15.9 Å². The fourth-order valence-electron chi connectivity index (χ4n) is 7.59. The molecule has 6 nitrogen and oxygen atoms in total. The summed E-state index contributed by atoms with van der Waals surface area (Å²) in [5.41, 5.74) is 0.247. The van der Waals surface area contributed by atoms with E-state index in [2.05, 4.69) is 11.6 Å². The van der Waals surface area contributed by atoms with Gasteiger partial charge >= 0.3 is 0 Å². The molecule has 1 amide bonds. The van der Waals surface area contributed by atoms with Gasteiger partial charge in [-0.15, -0.1) is 11.3 Å². The number of hydrogen-bond acceptors (Lipinski definition) is 5. The Morgan fingerprint density at radius 3 is 2.26 bits per heavy atom. The minimum atomic E-state index is -4.55. The molecule has 7 rings (SSSR count). The molecule has 3 atom stereocenters. The number of hydrogen-bond donors (Lipinski definition) is 1. The number of ether oxygens (including phenoxy) is 1. The van der Waals surface area contributed by atoms with Crippen molar-refractivity contribution in [3.8, 4) is 16.2 Å². The van der Waals surface area contributed by atoms with Crippen LogP contribution in [-0.2, 0) is 20.7 Å². The third-order valence-corrected chi connectivity index (χ3v) is 12.6. The van der Waals surface area contributed by atoms with E-state index in [1.54, 1.807) is 42.5 Å². The second-order valence-corrected chi connectivity index (χ2v) is 16.7. The summed E-state index contributed by atoms with van der Waals surface area (Å²) < 4.78 is 69.8. The Kier molecular flexibility index (Phi) is 8.83. The van der Waals surface area contributed by atoms with Crippen molar-refractivity contribution in [3.63, 3.8) is 0 Å². The summed E-state index contributed by atoms with van der Waals surface area (Å²) >= 11 is 7.39. The molecule has 2 bridgehead atoms. The molecule has 1 aliphatic carbocycles. The second-order valence-electron chi connectivity index (χ2n) is 13.3. The number of thiophene rings is 1. The van der Waals surface area contributed by atoms with Crippen LogP contribution in [0.25, 0.3) is 21.2 Å². The third-order valence-electron chi connectivity index (χ3n) is 9.93. The lowest BCUT2D eigenvalue weighted by Crippen LogP contribution is -2.59. The van der Waals surface area contributed by atoms with Gasteiger partial charge in [-0.25, -0.2) is 8.42 Å².